The summed E-state index contributed by atoms with van der Waals surface area (Å²) in [5.41, 5.74) is 2.32. The van der Waals surface area contributed by atoms with Crippen LogP contribution in [0.5, 0.6) is 5.75 Å². The number of rotatable bonds is 5. The van der Waals surface area contributed by atoms with E-state index in [2.05, 4.69) is 53.1 Å². The molecule has 0 fully saturated rings. The van der Waals surface area contributed by atoms with Crippen LogP contribution in [0.4, 0.5) is 0 Å². The highest BCUT2D eigenvalue weighted by molar-refractivity contribution is 9.10. The quantitative estimate of drug-likeness (QED) is 0.893. The smallest absolute Gasteiger partial charge is 0.130 e. The van der Waals surface area contributed by atoms with Gasteiger partial charge in [-0.25, -0.2) is 4.98 Å². The van der Waals surface area contributed by atoms with Crippen molar-refractivity contribution in [3.05, 3.63) is 46.5 Å². The molecule has 0 saturated carbocycles. The summed E-state index contributed by atoms with van der Waals surface area (Å²) in [7, 11) is 1.96. The molecule has 1 aromatic carbocycles. The SMILES string of the molecule is Cn1cncc1COc1ccc(Br)c(CNC(C)(C)C)c1. The number of aryl methyl sites for hydroxylation is 1. The summed E-state index contributed by atoms with van der Waals surface area (Å²) in [5, 5.41) is 3.49. The summed E-state index contributed by atoms with van der Waals surface area (Å²) in [6.45, 7) is 7.79. The Morgan fingerprint density at radius 1 is 1.33 bits per heavy atom. The summed E-state index contributed by atoms with van der Waals surface area (Å²) in [6.07, 6.45) is 3.60. The first kappa shape index (κ1) is 16.0. The second-order valence-electron chi connectivity index (χ2n) is 6.14. The van der Waals surface area contributed by atoms with Crippen molar-refractivity contribution < 1.29 is 4.74 Å². The molecule has 0 unspecified atom stereocenters. The van der Waals surface area contributed by atoms with Gasteiger partial charge in [0.05, 0.1) is 18.2 Å². The highest BCUT2D eigenvalue weighted by Crippen LogP contribution is 2.23. The third kappa shape index (κ3) is 4.86. The topological polar surface area (TPSA) is 39.1 Å². The van der Waals surface area contributed by atoms with E-state index in [-0.39, 0.29) is 5.54 Å². The van der Waals surface area contributed by atoms with Gasteiger partial charge < -0.3 is 14.6 Å². The van der Waals surface area contributed by atoms with Crippen molar-refractivity contribution >= 4 is 15.9 Å². The zero-order valence-corrected chi connectivity index (χ0v) is 14.6. The summed E-state index contributed by atoms with van der Waals surface area (Å²) in [4.78, 5) is 4.09. The molecule has 2 aromatic rings. The maximum Gasteiger partial charge on any atom is 0.130 e. The van der Waals surface area contributed by atoms with Gasteiger partial charge in [0, 0.05) is 23.6 Å². The van der Waals surface area contributed by atoms with Crippen LogP contribution >= 0.6 is 15.9 Å². The molecule has 4 nitrogen and oxygen atoms in total. The lowest BCUT2D eigenvalue weighted by Gasteiger charge is -2.21. The molecular formula is C16H22BrN3O. The Morgan fingerprint density at radius 2 is 2.10 bits per heavy atom. The van der Waals surface area contributed by atoms with Crippen molar-refractivity contribution in [2.24, 2.45) is 7.05 Å². The Hall–Kier alpha value is -1.33. The molecule has 1 aromatic heterocycles. The van der Waals surface area contributed by atoms with E-state index in [0.717, 1.165) is 22.5 Å². The number of nitrogens with one attached hydrogen (secondary N) is 1. The molecule has 2 rings (SSSR count). The summed E-state index contributed by atoms with van der Waals surface area (Å²) in [5.74, 6) is 0.866. The van der Waals surface area contributed by atoms with E-state index < -0.39 is 0 Å². The normalized spacial score (nSPS) is 11.7. The summed E-state index contributed by atoms with van der Waals surface area (Å²) >= 11 is 3.59. The molecule has 0 radical (unpaired) electrons. The van der Waals surface area contributed by atoms with Gasteiger partial charge in [-0.1, -0.05) is 15.9 Å². The average molecular weight is 352 g/mol. The first-order valence-corrected chi connectivity index (χ1v) is 7.76. The van der Waals surface area contributed by atoms with Gasteiger partial charge in [-0.2, -0.15) is 0 Å². The third-order valence-corrected chi connectivity index (χ3v) is 3.90. The first-order valence-electron chi connectivity index (χ1n) is 6.96. The number of aromatic nitrogens is 2. The number of nitrogens with zero attached hydrogens (tertiary/aromatic N) is 2. The van der Waals surface area contributed by atoms with Gasteiger partial charge in [-0.05, 0) is 44.5 Å². The second kappa shape index (κ2) is 6.62. The molecule has 0 aliphatic heterocycles. The van der Waals surface area contributed by atoms with E-state index in [0.29, 0.717) is 6.61 Å². The van der Waals surface area contributed by atoms with E-state index in [9.17, 15) is 0 Å². The molecule has 1 N–H and O–H groups in total. The highest BCUT2D eigenvalue weighted by atomic mass is 79.9. The molecule has 0 amide bonds. The van der Waals surface area contributed by atoms with Crippen molar-refractivity contribution in [3.8, 4) is 5.75 Å². The first-order chi connectivity index (χ1) is 9.85. The molecule has 0 atom stereocenters. The standard InChI is InChI=1S/C16H22BrN3O/c1-16(2,3)19-8-12-7-14(5-6-15(12)17)21-10-13-9-18-11-20(13)4/h5-7,9,11,19H,8,10H2,1-4H3. The minimum absolute atomic E-state index is 0.0883. The molecule has 0 spiro atoms. The van der Waals surface area contributed by atoms with Crippen LogP contribution in [0.3, 0.4) is 0 Å². The van der Waals surface area contributed by atoms with Crippen molar-refractivity contribution in [3.63, 3.8) is 0 Å². The van der Waals surface area contributed by atoms with Crippen LogP contribution in [-0.2, 0) is 20.2 Å². The predicted octanol–water partition coefficient (Wildman–Crippen LogP) is 3.65. The maximum atomic E-state index is 5.85. The fraction of sp³-hybridized carbons (Fsp3) is 0.438. The number of benzene rings is 1. The minimum Gasteiger partial charge on any atom is -0.487 e. The zero-order chi connectivity index (χ0) is 15.5. The highest BCUT2D eigenvalue weighted by Gasteiger charge is 2.10. The van der Waals surface area contributed by atoms with Crippen LogP contribution in [-0.4, -0.2) is 15.1 Å². The lowest BCUT2D eigenvalue weighted by Crippen LogP contribution is -2.35. The predicted molar refractivity (Wildman–Crippen MR) is 88.3 cm³/mol. The maximum absolute atomic E-state index is 5.85. The van der Waals surface area contributed by atoms with Gasteiger partial charge in [-0.3, -0.25) is 0 Å². The van der Waals surface area contributed by atoms with E-state index >= 15 is 0 Å². The van der Waals surface area contributed by atoms with Crippen molar-refractivity contribution in [2.45, 2.75) is 39.5 Å². The summed E-state index contributed by atoms with van der Waals surface area (Å²) < 4.78 is 8.90. The summed E-state index contributed by atoms with van der Waals surface area (Å²) in [6, 6.07) is 6.07. The lowest BCUT2D eigenvalue weighted by atomic mass is 10.1. The number of imidazole rings is 1. The van der Waals surface area contributed by atoms with Gasteiger partial charge in [0.15, 0.2) is 0 Å². The van der Waals surface area contributed by atoms with Crippen molar-refractivity contribution in [1.29, 1.82) is 0 Å². The minimum atomic E-state index is 0.0883. The van der Waals surface area contributed by atoms with Gasteiger partial charge in [-0.15, -0.1) is 0 Å². The number of halogens is 1. The molecule has 5 heteroatoms. The lowest BCUT2D eigenvalue weighted by molar-refractivity contribution is 0.296. The Bertz CT molecular complexity index is 602. The third-order valence-electron chi connectivity index (χ3n) is 3.13. The van der Waals surface area contributed by atoms with Gasteiger partial charge in [0.2, 0.25) is 0 Å². The van der Waals surface area contributed by atoms with Crippen molar-refractivity contribution in [2.75, 3.05) is 0 Å². The van der Waals surface area contributed by atoms with Crippen LogP contribution < -0.4 is 10.1 Å². The Kier molecular flexibility index (Phi) is 5.06. The van der Waals surface area contributed by atoms with Gasteiger partial charge in [0.1, 0.15) is 12.4 Å². The molecule has 114 valence electrons. The number of ether oxygens (including phenoxy) is 1. The Balaban J connectivity index is 2.02. The van der Waals surface area contributed by atoms with E-state index in [1.165, 1.54) is 5.56 Å². The largest absolute Gasteiger partial charge is 0.487 e. The molecule has 21 heavy (non-hydrogen) atoms. The van der Waals surface area contributed by atoms with Gasteiger partial charge >= 0.3 is 0 Å². The second-order valence-corrected chi connectivity index (χ2v) is 7.00. The molecule has 0 saturated heterocycles. The average Bonchev–Trinajstić information content (AvgIpc) is 2.81. The Morgan fingerprint density at radius 3 is 2.71 bits per heavy atom. The molecule has 1 heterocycles. The monoisotopic (exact) mass is 351 g/mol. The Labute approximate surface area is 134 Å². The van der Waals surface area contributed by atoms with Crippen LogP contribution in [0, 0.1) is 0 Å². The van der Waals surface area contributed by atoms with Crippen molar-refractivity contribution in [1.82, 2.24) is 14.9 Å². The molecule has 0 bridgehead atoms. The number of hydrogen-bond donors (Lipinski definition) is 1. The zero-order valence-electron chi connectivity index (χ0n) is 13.0. The molecule has 0 aliphatic carbocycles. The van der Waals surface area contributed by atoms with E-state index in [1.54, 1.807) is 6.33 Å². The molecule has 0 aliphatic rings. The van der Waals surface area contributed by atoms with Crippen LogP contribution in [0.25, 0.3) is 0 Å². The fourth-order valence-electron chi connectivity index (χ4n) is 1.82. The van der Waals surface area contributed by atoms with Gasteiger partial charge in [0.25, 0.3) is 0 Å². The van der Waals surface area contributed by atoms with Crippen LogP contribution in [0.15, 0.2) is 35.2 Å². The van der Waals surface area contributed by atoms with Crippen LogP contribution in [0.1, 0.15) is 32.0 Å². The van der Waals surface area contributed by atoms with Crippen LogP contribution in [0.2, 0.25) is 0 Å². The molecular weight excluding hydrogens is 330 g/mol. The number of hydrogen-bond acceptors (Lipinski definition) is 3. The van der Waals surface area contributed by atoms with E-state index in [4.69, 9.17) is 4.74 Å². The fourth-order valence-corrected chi connectivity index (χ4v) is 2.20. The van der Waals surface area contributed by atoms with E-state index in [1.807, 2.05) is 29.9 Å².